The second-order valence-electron chi connectivity index (χ2n) is 3.76. The number of nitrogens with one attached hydrogen (secondary N) is 1. The van der Waals surface area contributed by atoms with E-state index in [4.69, 9.17) is 5.11 Å². The van der Waals surface area contributed by atoms with Gasteiger partial charge in [-0.05, 0) is 37.3 Å². The van der Waals surface area contributed by atoms with Crippen molar-refractivity contribution in [3.8, 4) is 0 Å². The molecule has 3 nitrogen and oxygen atoms in total. The third kappa shape index (κ3) is 3.20. The van der Waals surface area contributed by atoms with Gasteiger partial charge in [0.05, 0.1) is 5.69 Å². The molecular formula is C12H19NO2. The van der Waals surface area contributed by atoms with Gasteiger partial charge < -0.3 is 10.1 Å². The molecular weight excluding hydrogens is 190 g/mol. The number of rotatable bonds is 1. The highest BCUT2D eigenvalue weighted by atomic mass is 16.2. The smallest absolute Gasteiger partial charge is 0.166 e. The lowest BCUT2D eigenvalue weighted by atomic mass is 9.99. The van der Waals surface area contributed by atoms with Crippen molar-refractivity contribution >= 4 is 6.29 Å². The Morgan fingerprint density at radius 3 is 2.53 bits per heavy atom. The van der Waals surface area contributed by atoms with Gasteiger partial charge in [0.15, 0.2) is 6.29 Å². The van der Waals surface area contributed by atoms with Gasteiger partial charge in [-0.3, -0.25) is 4.79 Å². The lowest BCUT2D eigenvalue weighted by molar-refractivity contribution is 0.111. The highest BCUT2D eigenvalue weighted by molar-refractivity contribution is 5.72. The number of aryl methyl sites for hydroxylation is 2. The van der Waals surface area contributed by atoms with E-state index < -0.39 is 0 Å². The molecule has 3 heteroatoms. The van der Waals surface area contributed by atoms with Crippen LogP contribution in [0.15, 0.2) is 6.07 Å². The molecule has 0 radical (unpaired) electrons. The molecule has 1 heterocycles. The molecule has 2 rings (SSSR count). The first-order valence-electron chi connectivity index (χ1n) is 5.51. The zero-order valence-corrected chi connectivity index (χ0v) is 9.25. The molecule has 0 unspecified atom stereocenters. The molecule has 0 saturated carbocycles. The van der Waals surface area contributed by atoms with Crippen LogP contribution in [0.5, 0.6) is 0 Å². The van der Waals surface area contributed by atoms with Crippen LogP contribution in [0.3, 0.4) is 0 Å². The summed E-state index contributed by atoms with van der Waals surface area (Å²) in [5.74, 6) is 0. The molecule has 1 aromatic heterocycles. The van der Waals surface area contributed by atoms with E-state index in [0.29, 0.717) is 0 Å². The van der Waals surface area contributed by atoms with Crippen molar-refractivity contribution in [3.05, 3.63) is 23.0 Å². The first-order valence-corrected chi connectivity index (χ1v) is 5.51. The molecule has 0 saturated heterocycles. The molecule has 0 aromatic carbocycles. The van der Waals surface area contributed by atoms with E-state index in [-0.39, 0.29) is 0 Å². The highest BCUT2D eigenvalue weighted by Crippen LogP contribution is 2.19. The summed E-state index contributed by atoms with van der Waals surface area (Å²) in [6.45, 7) is 0. The third-order valence-electron chi connectivity index (χ3n) is 2.76. The molecule has 1 aromatic rings. The van der Waals surface area contributed by atoms with Crippen LogP contribution in [-0.4, -0.2) is 23.5 Å². The van der Waals surface area contributed by atoms with Crippen LogP contribution < -0.4 is 0 Å². The number of fused-ring (bicyclic) bond motifs is 1. The number of aldehydes is 1. The van der Waals surface area contributed by atoms with Crippen LogP contribution in [0.2, 0.25) is 0 Å². The lowest BCUT2D eigenvalue weighted by Gasteiger charge is -2.08. The number of carbonyl (C=O) groups excluding carboxylic acids is 1. The SMILES string of the molecule is CO.O=Cc1cc2c([nH]1)CCCCCC2. The van der Waals surface area contributed by atoms with Gasteiger partial charge in [0.25, 0.3) is 0 Å². The minimum Gasteiger partial charge on any atom is -0.400 e. The van der Waals surface area contributed by atoms with Gasteiger partial charge in [-0.2, -0.15) is 0 Å². The molecule has 0 amide bonds. The predicted molar refractivity (Wildman–Crippen MR) is 60.2 cm³/mol. The Morgan fingerprint density at radius 2 is 1.87 bits per heavy atom. The van der Waals surface area contributed by atoms with Crippen molar-refractivity contribution in [2.75, 3.05) is 7.11 Å². The van der Waals surface area contributed by atoms with Gasteiger partial charge in [0.1, 0.15) is 0 Å². The summed E-state index contributed by atoms with van der Waals surface area (Å²) in [5.41, 5.74) is 3.40. The Bertz CT molecular complexity index is 279. The molecule has 0 bridgehead atoms. The summed E-state index contributed by atoms with van der Waals surface area (Å²) in [6, 6.07) is 2.01. The van der Waals surface area contributed by atoms with E-state index in [9.17, 15) is 4.79 Å². The topological polar surface area (TPSA) is 53.1 Å². The summed E-state index contributed by atoms with van der Waals surface area (Å²) in [7, 11) is 1.00. The molecule has 0 aliphatic heterocycles. The number of H-pyrrole nitrogens is 1. The summed E-state index contributed by atoms with van der Waals surface area (Å²) < 4.78 is 0. The van der Waals surface area contributed by atoms with Gasteiger partial charge in [-0.25, -0.2) is 0 Å². The monoisotopic (exact) mass is 209 g/mol. The fraction of sp³-hybridized carbons (Fsp3) is 0.583. The lowest BCUT2D eigenvalue weighted by Crippen LogP contribution is -1.97. The predicted octanol–water partition coefficient (Wildman–Crippen LogP) is 2.09. The molecule has 1 aliphatic carbocycles. The van der Waals surface area contributed by atoms with Gasteiger partial charge in [0, 0.05) is 12.8 Å². The van der Waals surface area contributed by atoms with Crippen molar-refractivity contribution in [2.45, 2.75) is 38.5 Å². The van der Waals surface area contributed by atoms with Gasteiger partial charge >= 0.3 is 0 Å². The Hall–Kier alpha value is -1.09. The summed E-state index contributed by atoms with van der Waals surface area (Å²) in [6.07, 6.45) is 8.35. The zero-order valence-electron chi connectivity index (χ0n) is 9.25. The minimum absolute atomic E-state index is 0.743. The summed E-state index contributed by atoms with van der Waals surface area (Å²) >= 11 is 0. The van der Waals surface area contributed by atoms with Crippen molar-refractivity contribution in [2.24, 2.45) is 0 Å². The van der Waals surface area contributed by atoms with Crippen LogP contribution in [0.25, 0.3) is 0 Å². The first-order chi connectivity index (χ1) is 7.40. The number of aromatic nitrogens is 1. The number of aliphatic hydroxyl groups is 1. The van der Waals surface area contributed by atoms with Crippen molar-refractivity contribution in [3.63, 3.8) is 0 Å². The Labute approximate surface area is 90.5 Å². The molecule has 1 aliphatic rings. The van der Waals surface area contributed by atoms with E-state index >= 15 is 0 Å². The molecule has 0 atom stereocenters. The van der Waals surface area contributed by atoms with Crippen LogP contribution in [0.1, 0.15) is 47.4 Å². The summed E-state index contributed by atoms with van der Waals surface area (Å²) in [5, 5.41) is 7.00. The average Bonchev–Trinajstić information content (AvgIpc) is 2.63. The first kappa shape index (κ1) is 12.0. The third-order valence-corrected chi connectivity index (χ3v) is 2.76. The van der Waals surface area contributed by atoms with Gasteiger partial charge in [0.2, 0.25) is 0 Å². The Balaban J connectivity index is 0.000000531. The van der Waals surface area contributed by atoms with Crippen LogP contribution in [0, 0.1) is 0 Å². The van der Waals surface area contributed by atoms with E-state index in [1.165, 1.54) is 36.9 Å². The fourth-order valence-corrected chi connectivity index (χ4v) is 2.05. The van der Waals surface area contributed by atoms with Gasteiger partial charge in [-0.1, -0.05) is 12.8 Å². The zero-order chi connectivity index (χ0) is 11.1. The van der Waals surface area contributed by atoms with Crippen molar-refractivity contribution < 1.29 is 9.90 Å². The molecule has 0 fully saturated rings. The second-order valence-corrected chi connectivity index (χ2v) is 3.76. The maximum absolute atomic E-state index is 10.6. The normalized spacial score (nSPS) is 15.3. The average molecular weight is 209 g/mol. The molecule has 0 spiro atoms. The molecule has 84 valence electrons. The molecule has 15 heavy (non-hydrogen) atoms. The number of aliphatic hydroxyl groups excluding tert-OH is 1. The van der Waals surface area contributed by atoms with E-state index in [0.717, 1.165) is 31.9 Å². The number of carbonyl (C=O) groups is 1. The quantitative estimate of drug-likeness (QED) is 0.696. The minimum atomic E-state index is 0.743. The molecule has 2 N–H and O–H groups in total. The number of hydrogen-bond acceptors (Lipinski definition) is 2. The number of aromatic amines is 1. The Morgan fingerprint density at radius 1 is 1.20 bits per heavy atom. The maximum Gasteiger partial charge on any atom is 0.166 e. The van der Waals surface area contributed by atoms with Crippen LogP contribution in [-0.2, 0) is 12.8 Å². The van der Waals surface area contributed by atoms with E-state index in [2.05, 4.69) is 4.98 Å². The van der Waals surface area contributed by atoms with E-state index in [1.54, 1.807) is 0 Å². The van der Waals surface area contributed by atoms with E-state index in [1.807, 2.05) is 6.07 Å². The van der Waals surface area contributed by atoms with Crippen molar-refractivity contribution in [1.82, 2.24) is 4.98 Å². The van der Waals surface area contributed by atoms with Crippen LogP contribution >= 0.6 is 0 Å². The van der Waals surface area contributed by atoms with Crippen molar-refractivity contribution in [1.29, 1.82) is 0 Å². The maximum atomic E-state index is 10.6. The number of hydrogen-bond donors (Lipinski definition) is 2. The largest absolute Gasteiger partial charge is 0.400 e. The summed E-state index contributed by atoms with van der Waals surface area (Å²) in [4.78, 5) is 13.7. The van der Waals surface area contributed by atoms with Crippen LogP contribution in [0.4, 0.5) is 0 Å². The van der Waals surface area contributed by atoms with Gasteiger partial charge in [-0.15, -0.1) is 0 Å². The second kappa shape index (κ2) is 6.40. The standard InChI is InChI=1S/C11H15NO.CH4O/c13-8-10-7-9-5-3-1-2-4-6-11(9)12-10;1-2/h7-8,12H,1-6H2;2H,1H3. The highest BCUT2D eigenvalue weighted by Gasteiger charge is 2.09. The Kier molecular flexibility index (Phi) is 5.12. The fourth-order valence-electron chi connectivity index (χ4n) is 2.05.